The Bertz CT molecular complexity index is 1140. The minimum absolute atomic E-state index is 0.260. The fraction of sp³-hybridized carbons (Fsp3) is 0.896. The summed E-state index contributed by atoms with van der Waals surface area (Å²) in [5.41, 5.74) is 0. The summed E-state index contributed by atoms with van der Waals surface area (Å²) in [5.74, 6) is -0.274. The van der Waals surface area contributed by atoms with Gasteiger partial charge in [-0.3, -0.25) is 4.79 Å². The lowest BCUT2D eigenvalue weighted by atomic mass is 9.97. The topological polar surface area (TPSA) is 228 Å². The summed E-state index contributed by atoms with van der Waals surface area (Å²) >= 11 is 0. The van der Waals surface area contributed by atoms with Crippen molar-refractivity contribution in [3.05, 3.63) is 24.3 Å². The van der Waals surface area contributed by atoms with Crippen molar-refractivity contribution in [3.8, 4) is 0 Å². The Hall–Kier alpha value is -1.53. The lowest BCUT2D eigenvalue weighted by molar-refractivity contribution is -0.359. The highest BCUT2D eigenvalue weighted by atomic mass is 16.7. The molecule has 2 rings (SSSR count). The van der Waals surface area contributed by atoms with E-state index >= 15 is 0 Å². The molecule has 0 bridgehead atoms. The van der Waals surface area contributed by atoms with Crippen LogP contribution in [0, 0.1) is 0 Å². The first kappa shape index (κ1) is 56.6. The summed E-state index contributed by atoms with van der Waals surface area (Å²) in [6, 6.07) is -0.922. The second-order valence-corrected chi connectivity index (χ2v) is 17.6. The molecule has 14 heteroatoms. The van der Waals surface area contributed by atoms with Crippen molar-refractivity contribution in [2.75, 3.05) is 19.8 Å². The Morgan fingerprint density at radius 3 is 1.58 bits per heavy atom. The highest BCUT2D eigenvalue weighted by Crippen LogP contribution is 2.30. The summed E-state index contributed by atoms with van der Waals surface area (Å²) in [7, 11) is 0. The monoisotopic (exact) mass is 888 g/mol. The molecule has 364 valence electrons. The van der Waals surface area contributed by atoms with E-state index in [1.165, 1.54) is 122 Å². The fourth-order valence-electron chi connectivity index (χ4n) is 8.07. The van der Waals surface area contributed by atoms with Gasteiger partial charge < -0.3 is 65.1 Å². The Balaban J connectivity index is 1.68. The van der Waals surface area contributed by atoms with Crippen LogP contribution in [0.1, 0.15) is 181 Å². The molecule has 9 N–H and O–H groups in total. The Morgan fingerprint density at radius 1 is 0.565 bits per heavy atom. The number of rotatable bonds is 37. The van der Waals surface area contributed by atoms with Gasteiger partial charge in [-0.2, -0.15) is 0 Å². The standard InChI is InChI=1S/C48H89NO13/c1-3-5-7-8-9-10-11-12-13-14-15-16-17-18-19-20-21-22-23-24-25-26-27-28-30-31-37(52)36(49-40(53)32-29-6-4-2)35-59-47-45(58)43(56)46(39(34-51)61-47)62-48-44(57)42(55)41(54)38(33-50)60-48/h25-26,30-31,36-39,41-48,50-52,54-58H,3-24,27-29,32-35H2,1-2H3,(H,49,53)/b26-25+,31-30+. The minimum atomic E-state index is -1.79. The van der Waals surface area contributed by atoms with Crippen molar-refractivity contribution < 1.29 is 64.6 Å². The van der Waals surface area contributed by atoms with Gasteiger partial charge in [0.05, 0.1) is 32.0 Å². The smallest absolute Gasteiger partial charge is 0.220 e. The summed E-state index contributed by atoms with van der Waals surface area (Å²) in [6.07, 6.45) is 22.1. The zero-order valence-corrected chi connectivity index (χ0v) is 38.4. The number of unbranched alkanes of at least 4 members (excludes halogenated alkanes) is 22. The normalized spacial score (nSPS) is 27.9. The summed E-state index contributed by atoms with van der Waals surface area (Å²) < 4.78 is 22.5. The molecule has 2 heterocycles. The second-order valence-electron chi connectivity index (χ2n) is 17.6. The number of hydrogen-bond donors (Lipinski definition) is 9. The average Bonchev–Trinajstić information content (AvgIpc) is 3.27. The molecule has 2 aliphatic rings. The number of carbonyl (C=O) groups is 1. The maximum absolute atomic E-state index is 12.8. The van der Waals surface area contributed by atoms with E-state index in [2.05, 4.69) is 24.4 Å². The number of allylic oxidation sites excluding steroid dienone is 3. The highest BCUT2D eigenvalue weighted by Gasteiger charge is 2.51. The molecule has 1 amide bonds. The summed E-state index contributed by atoms with van der Waals surface area (Å²) in [5, 5.41) is 86.0. The van der Waals surface area contributed by atoms with Gasteiger partial charge in [0.25, 0.3) is 0 Å². The summed E-state index contributed by atoms with van der Waals surface area (Å²) in [6.45, 7) is 2.57. The van der Waals surface area contributed by atoms with Crippen LogP contribution in [0.5, 0.6) is 0 Å². The molecule has 0 aromatic heterocycles. The third-order valence-corrected chi connectivity index (χ3v) is 12.1. The van der Waals surface area contributed by atoms with Crippen molar-refractivity contribution in [1.29, 1.82) is 0 Å². The average molecular weight is 888 g/mol. The van der Waals surface area contributed by atoms with Gasteiger partial charge in [-0.1, -0.05) is 167 Å². The number of ether oxygens (including phenoxy) is 4. The number of hydrogen-bond acceptors (Lipinski definition) is 13. The number of amides is 1. The molecule has 0 aromatic rings. The van der Waals surface area contributed by atoms with Gasteiger partial charge in [0, 0.05) is 6.42 Å². The quantitative estimate of drug-likeness (QED) is 0.0267. The molecule has 2 aliphatic heterocycles. The Morgan fingerprint density at radius 2 is 1.03 bits per heavy atom. The van der Waals surface area contributed by atoms with Gasteiger partial charge >= 0.3 is 0 Å². The summed E-state index contributed by atoms with van der Waals surface area (Å²) in [4.78, 5) is 12.8. The van der Waals surface area contributed by atoms with Gasteiger partial charge in [-0.05, 0) is 32.1 Å². The molecule has 12 unspecified atom stereocenters. The number of nitrogens with one attached hydrogen (secondary N) is 1. The van der Waals surface area contributed by atoms with E-state index in [0.717, 1.165) is 25.7 Å². The van der Waals surface area contributed by atoms with Crippen LogP contribution in [0.4, 0.5) is 0 Å². The number of aliphatic hydroxyl groups is 8. The molecular weight excluding hydrogens is 799 g/mol. The molecular formula is C48H89NO13. The van der Waals surface area contributed by atoms with Crippen LogP contribution in [-0.4, -0.2) is 140 Å². The first-order chi connectivity index (χ1) is 30.1. The van der Waals surface area contributed by atoms with E-state index in [0.29, 0.717) is 12.8 Å². The van der Waals surface area contributed by atoms with Gasteiger partial charge in [0.15, 0.2) is 12.6 Å². The zero-order valence-electron chi connectivity index (χ0n) is 38.4. The molecule has 62 heavy (non-hydrogen) atoms. The maximum Gasteiger partial charge on any atom is 0.220 e. The van der Waals surface area contributed by atoms with Gasteiger partial charge in [0.2, 0.25) is 5.91 Å². The van der Waals surface area contributed by atoms with Crippen LogP contribution < -0.4 is 5.32 Å². The third-order valence-electron chi connectivity index (χ3n) is 12.1. The Kier molecular flexibility index (Phi) is 32.6. The fourth-order valence-corrected chi connectivity index (χ4v) is 8.07. The van der Waals surface area contributed by atoms with E-state index < -0.39 is 86.8 Å². The van der Waals surface area contributed by atoms with Crippen molar-refractivity contribution in [2.24, 2.45) is 0 Å². The van der Waals surface area contributed by atoms with Crippen LogP contribution in [0.25, 0.3) is 0 Å². The minimum Gasteiger partial charge on any atom is -0.394 e. The van der Waals surface area contributed by atoms with Crippen molar-refractivity contribution in [1.82, 2.24) is 5.32 Å². The van der Waals surface area contributed by atoms with E-state index in [-0.39, 0.29) is 18.9 Å². The van der Waals surface area contributed by atoms with Crippen LogP contribution in [-0.2, 0) is 23.7 Å². The number of carbonyl (C=O) groups excluding carboxylic acids is 1. The number of aliphatic hydroxyl groups excluding tert-OH is 8. The van der Waals surface area contributed by atoms with Crippen LogP contribution >= 0.6 is 0 Å². The molecule has 14 nitrogen and oxygen atoms in total. The molecule has 2 saturated heterocycles. The predicted molar refractivity (Wildman–Crippen MR) is 240 cm³/mol. The van der Waals surface area contributed by atoms with E-state index in [9.17, 15) is 45.6 Å². The molecule has 0 radical (unpaired) electrons. The predicted octanol–water partition coefficient (Wildman–Crippen LogP) is 5.77. The van der Waals surface area contributed by atoms with Crippen molar-refractivity contribution >= 4 is 5.91 Å². The molecule has 2 fully saturated rings. The zero-order chi connectivity index (χ0) is 45.4. The third kappa shape index (κ3) is 23.1. The lowest BCUT2D eigenvalue weighted by Gasteiger charge is -2.46. The van der Waals surface area contributed by atoms with Crippen molar-refractivity contribution in [3.63, 3.8) is 0 Å². The van der Waals surface area contributed by atoms with E-state index in [1.54, 1.807) is 6.08 Å². The second kappa shape index (κ2) is 35.7. The lowest BCUT2D eigenvalue weighted by Crippen LogP contribution is -2.65. The SMILES string of the molecule is CCCCCCCCCCCCCCCCCCCCC/C=C/CC/C=C/C(O)C(COC1OC(CO)C(OC2OC(CO)C(O)C(O)C2O)C(O)C1O)NC(=O)CCCCC. The van der Waals surface area contributed by atoms with Crippen molar-refractivity contribution in [2.45, 2.75) is 254 Å². The maximum atomic E-state index is 12.8. The molecule has 0 aliphatic carbocycles. The first-order valence-electron chi connectivity index (χ1n) is 24.6. The van der Waals surface area contributed by atoms with Crippen LogP contribution in [0.3, 0.4) is 0 Å². The first-order valence-corrected chi connectivity index (χ1v) is 24.6. The van der Waals surface area contributed by atoms with Gasteiger partial charge in [0.1, 0.15) is 48.8 Å². The highest BCUT2D eigenvalue weighted by molar-refractivity contribution is 5.76. The van der Waals surface area contributed by atoms with E-state index in [4.69, 9.17) is 18.9 Å². The molecule has 0 aromatic carbocycles. The van der Waals surface area contributed by atoms with Gasteiger partial charge in [-0.25, -0.2) is 0 Å². The molecule has 0 spiro atoms. The van der Waals surface area contributed by atoms with E-state index in [1.807, 2.05) is 13.0 Å². The van der Waals surface area contributed by atoms with Crippen LogP contribution in [0.15, 0.2) is 24.3 Å². The molecule has 12 atom stereocenters. The Labute approximate surface area is 373 Å². The molecule has 0 saturated carbocycles. The van der Waals surface area contributed by atoms with Gasteiger partial charge in [-0.15, -0.1) is 0 Å². The van der Waals surface area contributed by atoms with Crippen LogP contribution in [0.2, 0.25) is 0 Å². The largest absolute Gasteiger partial charge is 0.394 e.